The molecule has 2 rings (SSSR count). The van der Waals surface area contributed by atoms with Crippen molar-refractivity contribution in [2.24, 2.45) is 11.7 Å². The summed E-state index contributed by atoms with van der Waals surface area (Å²) in [4.78, 5) is 14.6. The highest BCUT2D eigenvalue weighted by Gasteiger charge is 2.24. The van der Waals surface area contributed by atoms with Gasteiger partial charge in [-0.3, -0.25) is 4.79 Å². The third-order valence-corrected chi connectivity index (χ3v) is 4.38. The van der Waals surface area contributed by atoms with E-state index in [2.05, 4.69) is 0 Å². The van der Waals surface area contributed by atoms with Gasteiger partial charge in [0.2, 0.25) is 5.91 Å². The number of anilines is 1. The number of carbonyl (C=O) groups excluding carboxylic acids is 1. The van der Waals surface area contributed by atoms with Crippen LogP contribution >= 0.6 is 12.4 Å². The molecular weight excluding hydrogens is 296 g/mol. The summed E-state index contributed by atoms with van der Waals surface area (Å²) in [6.45, 7) is 1.65. The number of hydrogen-bond donors (Lipinski definition) is 1. The molecule has 0 unspecified atom stereocenters. The summed E-state index contributed by atoms with van der Waals surface area (Å²) in [7, 11) is 0. The van der Waals surface area contributed by atoms with Gasteiger partial charge in [-0.15, -0.1) is 12.4 Å². The SMILES string of the molecule is Cl.NCCCCCCC(=O)N(CC1CCC1)c1ccccc1. The lowest BCUT2D eigenvalue weighted by Crippen LogP contribution is -2.37. The number of nitrogens with zero attached hydrogens (tertiary/aromatic N) is 1. The highest BCUT2D eigenvalue weighted by Crippen LogP contribution is 2.29. The number of benzene rings is 1. The molecule has 0 bridgehead atoms. The predicted molar refractivity (Wildman–Crippen MR) is 95.5 cm³/mol. The molecular formula is C18H29ClN2O. The average Bonchev–Trinajstić information content (AvgIpc) is 2.46. The fourth-order valence-corrected chi connectivity index (χ4v) is 2.80. The van der Waals surface area contributed by atoms with Crippen LogP contribution in [0.25, 0.3) is 0 Å². The van der Waals surface area contributed by atoms with Gasteiger partial charge in [0.25, 0.3) is 0 Å². The number of halogens is 1. The molecule has 1 amide bonds. The first-order valence-corrected chi connectivity index (χ1v) is 8.36. The first-order valence-electron chi connectivity index (χ1n) is 8.36. The van der Waals surface area contributed by atoms with Gasteiger partial charge >= 0.3 is 0 Å². The fourth-order valence-electron chi connectivity index (χ4n) is 2.80. The van der Waals surface area contributed by atoms with Crippen LogP contribution in [0.15, 0.2) is 30.3 Å². The molecule has 1 aromatic rings. The zero-order chi connectivity index (χ0) is 14.9. The van der Waals surface area contributed by atoms with Crippen molar-refractivity contribution in [1.29, 1.82) is 0 Å². The second-order valence-corrected chi connectivity index (χ2v) is 6.09. The molecule has 124 valence electrons. The van der Waals surface area contributed by atoms with Crippen LogP contribution < -0.4 is 10.6 Å². The lowest BCUT2D eigenvalue weighted by Gasteiger charge is -2.32. The van der Waals surface area contributed by atoms with Crippen molar-refractivity contribution in [1.82, 2.24) is 0 Å². The number of unbranched alkanes of at least 4 members (excludes halogenated alkanes) is 3. The van der Waals surface area contributed by atoms with Gasteiger partial charge < -0.3 is 10.6 Å². The van der Waals surface area contributed by atoms with E-state index in [0.717, 1.165) is 44.5 Å². The molecule has 1 fully saturated rings. The van der Waals surface area contributed by atoms with Crippen LogP contribution in [0.1, 0.15) is 51.4 Å². The topological polar surface area (TPSA) is 46.3 Å². The van der Waals surface area contributed by atoms with Gasteiger partial charge in [-0.2, -0.15) is 0 Å². The van der Waals surface area contributed by atoms with Crippen LogP contribution in [0, 0.1) is 5.92 Å². The minimum absolute atomic E-state index is 0. The van der Waals surface area contributed by atoms with Crippen LogP contribution in [-0.4, -0.2) is 19.0 Å². The maximum absolute atomic E-state index is 12.6. The molecule has 4 heteroatoms. The number of hydrogen-bond acceptors (Lipinski definition) is 2. The van der Waals surface area contributed by atoms with Crippen LogP contribution in [0.2, 0.25) is 0 Å². The highest BCUT2D eigenvalue weighted by molar-refractivity contribution is 5.93. The summed E-state index contributed by atoms with van der Waals surface area (Å²) < 4.78 is 0. The molecule has 0 radical (unpaired) electrons. The normalized spacial score (nSPS) is 14.0. The van der Waals surface area contributed by atoms with Gasteiger partial charge in [-0.05, 0) is 50.3 Å². The second-order valence-electron chi connectivity index (χ2n) is 6.09. The monoisotopic (exact) mass is 324 g/mol. The molecule has 3 nitrogen and oxygen atoms in total. The Morgan fingerprint density at radius 2 is 1.77 bits per heavy atom. The summed E-state index contributed by atoms with van der Waals surface area (Å²) in [5.74, 6) is 0.979. The number of amides is 1. The van der Waals surface area contributed by atoms with E-state index in [4.69, 9.17) is 5.73 Å². The quantitative estimate of drug-likeness (QED) is 0.693. The Hall–Kier alpha value is -1.06. The summed E-state index contributed by atoms with van der Waals surface area (Å²) in [5.41, 5.74) is 6.55. The number of para-hydroxylation sites is 1. The Bertz CT molecular complexity index is 420. The number of rotatable bonds is 9. The highest BCUT2D eigenvalue weighted by atomic mass is 35.5. The molecule has 0 atom stereocenters. The summed E-state index contributed by atoms with van der Waals surface area (Å²) in [6, 6.07) is 10.1. The fraction of sp³-hybridized carbons (Fsp3) is 0.611. The van der Waals surface area contributed by atoms with Crippen molar-refractivity contribution in [3.05, 3.63) is 30.3 Å². The van der Waals surface area contributed by atoms with Crippen molar-refractivity contribution >= 4 is 24.0 Å². The van der Waals surface area contributed by atoms with Gasteiger partial charge in [0.05, 0.1) is 0 Å². The van der Waals surface area contributed by atoms with Gasteiger partial charge in [-0.1, -0.05) is 37.5 Å². The Morgan fingerprint density at radius 1 is 1.09 bits per heavy atom. The van der Waals surface area contributed by atoms with E-state index in [9.17, 15) is 4.79 Å². The third-order valence-electron chi connectivity index (χ3n) is 4.38. The van der Waals surface area contributed by atoms with Gasteiger partial charge in [0.15, 0.2) is 0 Å². The van der Waals surface area contributed by atoms with Crippen molar-refractivity contribution in [2.45, 2.75) is 51.4 Å². The van der Waals surface area contributed by atoms with Crippen molar-refractivity contribution < 1.29 is 4.79 Å². The summed E-state index contributed by atoms with van der Waals surface area (Å²) in [6.07, 6.45) is 8.81. The molecule has 0 saturated heterocycles. The maximum Gasteiger partial charge on any atom is 0.226 e. The number of nitrogens with two attached hydrogens (primary N) is 1. The van der Waals surface area contributed by atoms with E-state index in [1.54, 1.807) is 0 Å². The molecule has 0 aromatic heterocycles. The van der Waals surface area contributed by atoms with Gasteiger partial charge in [-0.25, -0.2) is 0 Å². The minimum Gasteiger partial charge on any atom is -0.330 e. The van der Waals surface area contributed by atoms with Crippen LogP contribution in [0.3, 0.4) is 0 Å². The Labute approximate surface area is 140 Å². The largest absolute Gasteiger partial charge is 0.330 e. The molecule has 0 aliphatic heterocycles. The van der Waals surface area contributed by atoms with E-state index < -0.39 is 0 Å². The number of carbonyl (C=O) groups is 1. The molecule has 2 N–H and O–H groups in total. The van der Waals surface area contributed by atoms with Gasteiger partial charge in [0, 0.05) is 18.7 Å². The van der Waals surface area contributed by atoms with E-state index in [-0.39, 0.29) is 18.3 Å². The first kappa shape index (κ1) is 19.0. The average molecular weight is 325 g/mol. The van der Waals surface area contributed by atoms with Crippen molar-refractivity contribution in [3.8, 4) is 0 Å². The molecule has 1 saturated carbocycles. The zero-order valence-electron chi connectivity index (χ0n) is 13.4. The van der Waals surface area contributed by atoms with Gasteiger partial charge in [0.1, 0.15) is 0 Å². The Kier molecular flexibility index (Phi) is 9.17. The zero-order valence-corrected chi connectivity index (χ0v) is 14.2. The van der Waals surface area contributed by atoms with Crippen molar-refractivity contribution in [3.63, 3.8) is 0 Å². The van der Waals surface area contributed by atoms with E-state index >= 15 is 0 Å². The molecule has 22 heavy (non-hydrogen) atoms. The van der Waals surface area contributed by atoms with E-state index in [0.29, 0.717) is 12.3 Å². The smallest absolute Gasteiger partial charge is 0.226 e. The summed E-state index contributed by atoms with van der Waals surface area (Å²) in [5, 5.41) is 0. The summed E-state index contributed by atoms with van der Waals surface area (Å²) >= 11 is 0. The lowest BCUT2D eigenvalue weighted by molar-refractivity contribution is -0.119. The van der Waals surface area contributed by atoms with Crippen LogP contribution in [0.5, 0.6) is 0 Å². The maximum atomic E-state index is 12.6. The Balaban J connectivity index is 0.00000242. The standard InChI is InChI=1S/C18H28N2O.ClH/c19-14-7-2-1-6-13-18(21)20(15-16-9-8-10-16)17-11-4-3-5-12-17;/h3-5,11-12,16H,1-2,6-10,13-15,19H2;1H. The van der Waals surface area contributed by atoms with Crippen molar-refractivity contribution in [2.75, 3.05) is 18.0 Å². The second kappa shape index (κ2) is 10.6. The predicted octanol–water partition coefficient (Wildman–Crippen LogP) is 4.15. The Morgan fingerprint density at radius 3 is 2.36 bits per heavy atom. The first-order chi connectivity index (χ1) is 10.3. The van der Waals surface area contributed by atoms with Crippen LogP contribution in [0.4, 0.5) is 5.69 Å². The molecule has 0 spiro atoms. The van der Waals surface area contributed by atoms with E-state index in [1.165, 1.54) is 19.3 Å². The third kappa shape index (κ3) is 5.98. The lowest BCUT2D eigenvalue weighted by atomic mass is 9.85. The molecule has 1 aliphatic carbocycles. The van der Waals surface area contributed by atoms with E-state index in [1.807, 2.05) is 35.2 Å². The molecule has 1 aromatic carbocycles. The van der Waals surface area contributed by atoms with Crippen LogP contribution in [-0.2, 0) is 4.79 Å². The molecule has 1 aliphatic rings. The molecule has 0 heterocycles. The minimum atomic E-state index is 0.